The molecule has 7 heteroatoms. The van der Waals surface area contributed by atoms with Gasteiger partial charge in [-0.3, -0.25) is 0 Å². The van der Waals surface area contributed by atoms with Crippen molar-refractivity contribution in [3.8, 4) is 0 Å². The number of aromatic nitrogens is 4. The number of tetrazole rings is 1. The Morgan fingerprint density at radius 1 is 0.773 bits per heavy atom. The predicted molar refractivity (Wildman–Crippen MR) is 173 cm³/mol. The van der Waals surface area contributed by atoms with Crippen LogP contribution in [0.15, 0.2) is 138 Å². The Morgan fingerprint density at radius 2 is 1.36 bits per heavy atom. The summed E-state index contributed by atoms with van der Waals surface area (Å²) < 4.78 is 6.95. The van der Waals surface area contributed by atoms with Crippen LogP contribution in [-0.4, -0.2) is 33.3 Å². The fourth-order valence-corrected chi connectivity index (χ4v) is 7.14. The first kappa shape index (κ1) is 27.6. The Kier molecular flexibility index (Phi) is 7.38. The molecule has 0 amide bonds. The van der Waals surface area contributed by atoms with Crippen molar-refractivity contribution in [2.24, 2.45) is 0 Å². The summed E-state index contributed by atoms with van der Waals surface area (Å²) in [5, 5.41) is 13.6. The number of ether oxygens (including phenoxy) is 1. The van der Waals surface area contributed by atoms with Gasteiger partial charge >= 0.3 is 5.97 Å². The maximum Gasteiger partial charge on any atom is 0.337 e. The van der Waals surface area contributed by atoms with Gasteiger partial charge in [-0.05, 0) is 67.6 Å². The number of fused-ring (bicyclic) bond motifs is 2. The first-order valence-electron chi connectivity index (χ1n) is 14.3. The van der Waals surface area contributed by atoms with Crippen LogP contribution in [0.4, 0.5) is 0 Å². The number of carbonyl (C=O) groups is 1. The van der Waals surface area contributed by atoms with Gasteiger partial charge in [0.25, 0.3) is 0 Å². The fraction of sp³-hybridized carbons (Fsp3) is 0.0811. The summed E-state index contributed by atoms with van der Waals surface area (Å²) in [7, 11) is 1.40. The molecule has 0 unspecified atom stereocenters. The molecule has 1 aliphatic rings. The molecule has 0 N–H and O–H groups in total. The zero-order chi connectivity index (χ0) is 29.9. The summed E-state index contributed by atoms with van der Waals surface area (Å²) >= 11 is 1.70. The normalized spacial score (nSPS) is 13.5. The van der Waals surface area contributed by atoms with E-state index in [4.69, 9.17) is 9.95 Å². The molecule has 7 rings (SSSR count). The number of methoxy groups -OCH3 is 1. The van der Waals surface area contributed by atoms with Crippen molar-refractivity contribution in [2.75, 3.05) is 7.11 Å². The molecule has 1 aliphatic heterocycles. The maximum atomic E-state index is 12.4. The molecular formula is C37H28N4O2S. The van der Waals surface area contributed by atoms with Crippen LogP contribution < -0.4 is 0 Å². The van der Waals surface area contributed by atoms with Crippen LogP contribution in [0.3, 0.4) is 0 Å². The molecule has 0 spiro atoms. The van der Waals surface area contributed by atoms with Gasteiger partial charge in [-0.1, -0.05) is 121 Å². The molecule has 6 nitrogen and oxygen atoms in total. The Morgan fingerprint density at radius 3 is 1.98 bits per heavy atom. The quantitative estimate of drug-likeness (QED) is 0.147. The SMILES string of the molecule is COC(=O)c1ccc2c(c1)SCc1ccccc1C2=Cc1nnnn1C(c1ccccc1)(c1ccccc1)c1ccccc1. The van der Waals surface area contributed by atoms with Crippen molar-refractivity contribution < 1.29 is 9.53 Å². The van der Waals surface area contributed by atoms with Crippen LogP contribution in [0.2, 0.25) is 0 Å². The van der Waals surface area contributed by atoms with Crippen LogP contribution in [0.5, 0.6) is 0 Å². The molecule has 0 saturated heterocycles. The molecule has 0 radical (unpaired) electrons. The zero-order valence-electron chi connectivity index (χ0n) is 24.0. The summed E-state index contributed by atoms with van der Waals surface area (Å²) in [4.78, 5) is 13.4. The average Bonchev–Trinajstić information content (AvgIpc) is 3.50. The number of hydrogen-bond acceptors (Lipinski definition) is 6. The second-order valence-electron chi connectivity index (χ2n) is 10.5. The van der Waals surface area contributed by atoms with Gasteiger partial charge < -0.3 is 4.74 Å². The molecule has 44 heavy (non-hydrogen) atoms. The van der Waals surface area contributed by atoms with Crippen LogP contribution in [0, 0.1) is 0 Å². The number of carbonyl (C=O) groups excluding carboxylic acids is 1. The molecule has 6 aromatic rings. The number of esters is 1. The molecule has 0 aliphatic carbocycles. The van der Waals surface area contributed by atoms with Crippen molar-refractivity contribution >= 4 is 29.4 Å². The number of hydrogen-bond donors (Lipinski definition) is 0. The largest absolute Gasteiger partial charge is 0.465 e. The number of benzene rings is 5. The predicted octanol–water partition coefficient (Wildman–Crippen LogP) is 7.49. The third-order valence-electron chi connectivity index (χ3n) is 8.04. The number of nitrogens with zero attached hydrogens (tertiary/aromatic N) is 4. The Hall–Kier alpha value is -5.27. The average molecular weight is 593 g/mol. The lowest BCUT2D eigenvalue weighted by Gasteiger charge is -2.36. The van der Waals surface area contributed by atoms with E-state index in [1.54, 1.807) is 11.8 Å². The molecule has 1 aromatic heterocycles. The second-order valence-corrected chi connectivity index (χ2v) is 11.5. The monoisotopic (exact) mass is 592 g/mol. The summed E-state index contributed by atoms with van der Waals surface area (Å²) in [6.07, 6.45) is 2.07. The highest BCUT2D eigenvalue weighted by Crippen LogP contribution is 2.44. The molecular weight excluding hydrogens is 565 g/mol. The van der Waals surface area contributed by atoms with Crippen molar-refractivity contribution in [3.05, 3.63) is 178 Å². The van der Waals surface area contributed by atoms with Crippen LogP contribution in [0.25, 0.3) is 11.6 Å². The highest BCUT2D eigenvalue weighted by atomic mass is 32.2. The number of thioether (sulfide) groups is 1. The molecule has 5 aromatic carbocycles. The van der Waals surface area contributed by atoms with Crippen molar-refractivity contribution in [3.63, 3.8) is 0 Å². The van der Waals surface area contributed by atoms with E-state index in [1.807, 2.05) is 77.5 Å². The van der Waals surface area contributed by atoms with Gasteiger partial charge in [-0.15, -0.1) is 16.9 Å². The molecule has 0 fully saturated rings. The van der Waals surface area contributed by atoms with Gasteiger partial charge in [0.05, 0.1) is 12.7 Å². The molecule has 0 saturated carbocycles. The van der Waals surface area contributed by atoms with Crippen LogP contribution in [-0.2, 0) is 16.0 Å². The molecule has 0 atom stereocenters. The first-order chi connectivity index (χ1) is 21.7. The van der Waals surface area contributed by atoms with E-state index >= 15 is 0 Å². The van der Waals surface area contributed by atoms with Crippen molar-refractivity contribution in [2.45, 2.75) is 16.2 Å². The van der Waals surface area contributed by atoms with Gasteiger partial charge in [-0.25, -0.2) is 9.48 Å². The standard InChI is InChI=1S/C37H28N4O2S/c1-43-36(42)26-21-22-32-33(31-20-12-11-13-27(31)25-44-34(32)23-26)24-35-38-39-40-41(35)37(28-14-5-2-6-15-28,29-16-7-3-8-17-29)30-18-9-4-10-19-30/h2-24H,25H2,1H3. The lowest BCUT2D eigenvalue weighted by molar-refractivity contribution is 0.0600. The van der Waals surface area contributed by atoms with Gasteiger partial charge in [0.15, 0.2) is 5.82 Å². The van der Waals surface area contributed by atoms with E-state index in [1.165, 1.54) is 12.7 Å². The van der Waals surface area contributed by atoms with Gasteiger partial charge in [0, 0.05) is 10.6 Å². The highest BCUT2D eigenvalue weighted by molar-refractivity contribution is 7.98. The summed E-state index contributed by atoms with van der Waals surface area (Å²) in [6, 6.07) is 45.2. The van der Waals surface area contributed by atoms with E-state index in [0.717, 1.165) is 44.0 Å². The third kappa shape index (κ3) is 4.71. The van der Waals surface area contributed by atoms with Crippen LogP contribution in [0.1, 0.15) is 49.6 Å². The van der Waals surface area contributed by atoms with Crippen molar-refractivity contribution in [1.82, 2.24) is 20.2 Å². The second kappa shape index (κ2) is 11.8. The van der Waals surface area contributed by atoms with Gasteiger partial charge in [0.1, 0.15) is 5.54 Å². The lowest BCUT2D eigenvalue weighted by atomic mass is 9.77. The Balaban J connectivity index is 1.52. The summed E-state index contributed by atoms with van der Waals surface area (Å²) in [5.74, 6) is 1.00. The molecule has 0 bridgehead atoms. The minimum absolute atomic E-state index is 0.358. The van der Waals surface area contributed by atoms with Crippen LogP contribution >= 0.6 is 11.8 Å². The topological polar surface area (TPSA) is 69.9 Å². The van der Waals surface area contributed by atoms with Crippen molar-refractivity contribution in [1.29, 1.82) is 0 Å². The Labute approximate surface area is 260 Å². The maximum absolute atomic E-state index is 12.4. The number of rotatable bonds is 6. The van der Waals surface area contributed by atoms with Gasteiger partial charge in [0.2, 0.25) is 0 Å². The minimum atomic E-state index is -0.865. The first-order valence-corrected chi connectivity index (χ1v) is 15.3. The third-order valence-corrected chi connectivity index (χ3v) is 9.15. The summed E-state index contributed by atoms with van der Waals surface area (Å²) in [6.45, 7) is 0. The van der Waals surface area contributed by atoms with E-state index in [0.29, 0.717) is 11.4 Å². The minimum Gasteiger partial charge on any atom is -0.465 e. The van der Waals surface area contributed by atoms with E-state index in [2.05, 4.69) is 77.1 Å². The Bertz CT molecular complexity index is 1870. The molecule has 214 valence electrons. The van der Waals surface area contributed by atoms with E-state index in [9.17, 15) is 4.79 Å². The molecule has 2 heterocycles. The van der Waals surface area contributed by atoms with E-state index in [-0.39, 0.29) is 5.97 Å². The van der Waals surface area contributed by atoms with Gasteiger partial charge in [-0.2, -0.15) is 0 Å². The fourth-order valence-electron chi connectivity index (χ4n) is 6.03. The zero-order valence-corrected chi connectivity index (χ0v) is 24.8. The lowest BCUT2D eigenvalue weighted by Crippen LogP contribution is -2.39. The smallest absolute Gasteiger partial charge is 0.337 e. The summed E-state index contributed by atoms with van der Waals surface area (Å²) in [5.41, 5.74) is 7.03. The highest BCUT2D eigenvalue weighted by Gasteiger charge is 2.41. The van der Waals surface area contributed by atoms with E-state index < -0.39 is 5.54 Å².